The van der Waals surface area contributed by atoms with Crippen LogP contribution in [0.4, 0.5) is 14.9 Å². The van der Waals surface area contributed by atoms with Crippen LogP contribution in [0, 0.1) is 25.6 Å². The molecule has 2 aliphatic rings. The van der Waals surface area contributed by atoms with Gasteiger partial charge in [0.15, 0.2) is 0 Å². The second kappa shape index (κ2) is 13.4. The molecule has 2 fully saturated rings. The Morgan fingerprint density at radius 2 is 1.76 bits per heavy atom. The number of aliphatic hydroxyl groups excluding tert-OH is 1. The van der Waals surface area contributed by atoms with Crippen molar-refractivity contribution in [1.29, 1.82) is 0 Å². The summed E-state index contributed by atoms with van der Waals surface area (Å²) in [5.74, 6) is -2.06. The van der Waals surface area contributed by atoms with Gasteiger partial charge in [0.05, 0.1) is 19.8 Å². The van der Waals surface area contributed by atoms with Crippen molar-refractivity contribution in [3.8, 4) is 28.0 Å². The molecule has 2 saturated heterocycles. The normalized spacial score (nSPS) is 20.4. The first-order chi connectivity index (χ1) is 21.5. The number of aliphatic hydroxyl groups is 1. The summed E-state index contributed by atoms with van der Waals surface area (Å²) < 4.78 is 26.5. The fourth-order valence-electron chi connectivity index (χ4n) is 6.05. The number of nitrogens with zero attached hydrogens (tertiary/aromatic N) is 2. The molecule has 3 aromatic rings. The highest BCUT2D eigenvalue weighted by Gasteiger charge is 2.39. The van der Waals surface area contributed by atoms with Crippen LogP contribution in [0.25, 0.3) is 22.3 Å². The number of benzene rings is 3. The number of amides is 4. The Labute approximate surface area is 262 Å². The van der Waals surface area contributed by atoms with Crippen molar-refractivity contribution in [3.05, 3.63) is 71.0 Å². The first kappa shape index (κ1) is 32.1. The Kier molecular flexibility index (Phi) is 9.52. The number of hydrogen-bond donors (Lipinski definition) is 3. The lowest BCUT2D eigenvalue weighted by Gasteiger charge is -2.33. The summed E-state index contributed by atoms with van der Waals surface area (Å²) in [6.45, 7) is 4.84. The van der Waals surface area contributed by atoms with Crippen molar-refractivity contribution in [1.82, 2.24) is 15.1 Å². The van der Waals surface area contributed by atoms with Gasteiger partial charge in [-0.1, -0.05) is 30.3 Å². The van der Waals surface area contributed by atoms with Gasteiger partial charge in [0.1, 0.15) is 17.5 Å². The third kappa shape index (κ3) is 6.42. The molecule has 0 spiro atoms. The monoisotopic (exact) mass is 618 g/mol. The van der Waals surface area contributed by atoms with E-state index in [9.17, 15) is 19.5 Å². The number of halogens is 1. The van der Waals surface area contributed by atoms with E-state index >= 15 is 4.39 Å². The van der Waals surface area contributed by atoms with E-state index < -0.39 is 35.7 Å². The lowest BCUT2D eigenvalue weighted by Crippen LogP contribution is -2.56. The molecule has 0 saturated carbocycles. The van der Waals surface area contributed by atoms with Crippen molar-refractivity contribution < 1.29 is 33.4 Å². The van der Waals surface area contributed by atoms with E-state index in [0.717, 1.165) is 32.7 Å². The fraction of sp³-hybridized carbons (Fsp3) is 0.382. The Balaban J connectivity index is 1.41. The molecule has 11 heteroatoms. The van der Waals surface area contributed by atoms with E-state index in [4.69, 9.17) is 9.47 Å². The average molecular weight is 619 g/mol. The van der Waals surface area contributed by atoms with Gasteiger partial charge in [-0.2, -0.15) is 0 Å². The highest BCUT2D eigenvalue weighted by atomic mass is 19.1. The molecule has 3 aromatic carbocycles. The van der Waals surface area contributed by atoms with E-state index in [0.29, 0.717) is 35.6 Å². The van der Waals surface area contributed by atoms with Gasteiger partial charge in [0.25, 0.3) is 0 Å². The standard InChI is InChI=1S/C34H39FN4O6/c1-19-22(21-14-27(35)25(31(15-21)44-5)16-36-29-12-13-45-18-30(29)40)8-6-9-23(19)24-10-7-11-28(20(24)2)37-32(41)26-17-38(3)34(43)39(4)33(26)42/h6-11,14-15,26,29-30,36,40H,12-13,16-18H2,1-5H3,(H,37,41)/t26?,29-,30-/m0/s1. The van der Waals surface area contributed by atoms with E-state index in [1.54, 1.807) is 13.1 Å². The third-order valence-corrected chi connectivity index (χ3v) is 8.78. The van der Waals surface area contributed by atoms with Crippen molar-refractivity contribution in [2.75, 3.05) is 46.3 Å². The summed E-state index contributed by atoms with van der Waals surface area (Å²) in [4.78, 5) is 40.3. The number of imide groups is 1. The maximum Gasteiger partial charge on any atom is 0.326 e. The molecular formula is C34H39FN4O6. The maximum absolute atomic E-state index is 15.6. The van der Waals surface area contributed by atoms with E-state index in [1.807, 2.05) is 50.2 Å². The number of urea groups is 1. The summed E-state index contributed by atoms with van der Waals surface area (Å²) in [5, 5.41) is 16.3. The maximum atomic E-state index is 15.6. The van der Waals surface area contributed by atoms with Crippen LogP contribution in [0.15, 0.2) is 48.5 Å². The quantitative estimate of drug-likeness (QED) is 0.325. The minimum absolute atomic E-state index is 0.000100. The molecular weight excluding hydrogens is 579 g/mol. The first-order valence-electron chi connectivity index (χ1n) is 14.9. The number of methoxy groups -OCH3 is 1. The lowest BCUT2D eigenvalue weighted by atomic mass is 9.90. The number of carbonyl (C=O) groups excluding carboxylic acids is 3. The number of anilines is 1. The highest BCUT2D eigenvalue weighted by Crippen LogP contribution is 2.38. The van der Waals surface area contributed by atoms with Gasteiger partial charge < -0.3 is 30.1 Å². The van der Waals surface area contributed by atoms with E-state index in [2.05, 4.69) is 10.6 Å². The van der Waals surface area contributed by atoms with E-state index in [-0.39, 0.29) is 25.7 Å². The van der Waals surface area contributed by atoms with Gasteiger partial charge in [0.2, 0.25) is 11.8 Å². The van der Waals surface area contributed by atoms with Crippen LogP contribution < -0.4 is 15.4 Å². The number of hydrogen-bond acceptors (Lipinski definition) is 7. The number of carbonyl (C=O) groups is 3. The summed E-state index contributed by atoms with van der Waals surface area (Å²) >= 11 is 0. The first-order valence-corrected chi connectivity index (χ1v) is 14.9. The average Bonchev–Trinajstić information content (AvgIpc) is 3.02. The third-order valence-electron chi connectivity index (χ3n) is 8.78. The molecule has 2 heterocycles. The van der Waals surface area contributed by atoms with Crippen molar-refractivity contribution in [2.24, 2.45) is 5.92 Å². The molecule has 1 unspecified atom stereocenters. The molecule has 0 aromatic heterocycles. The number of nitrogens with one attached hydrogen (secondary N) is 2. The SMILES string of the molecule is COc1cc(-c2cccc(-c3cccc(NC(=O)C4CN(C)C(=O)N(C)C4=O)c3C)c2C)cc(F)c1CN[C@H]1CCOC[C@@H]1O. The number of ether oxygens (including phenoxy) is 2. The van der Waals surface area contributed by atoms with Crippen LogP contribution in [0.1, 0.15) is 23.1 Å². The Morgan fingerprint density at radius 3 is 2.47 bits per heavy atom. The minimum atomic E-state index is -1.02. The largest absolute Gasteiger partial charge is 0.496 e. The van der Waals surface area contributed by atoms with Gasteiger partial charge in [-0.25, -0.2) is 9.18 Å². The zero-order valence-electron chi connectivity index (χ0n) is 26.1. The number of rotatable bonds is 8. The van der Waals surface area contributed by atoms with Gasteiger partial charge in [0, 0.05) is 51.1 Å². The molecule has 3 N–H and O–H groups in total. The molecule has 5 rings (SSSR count). The molecule has 4 amide bonds. The summed E-state index contributed by atoms with van der Waals surface area (Å²) in [7, 11) is 4.43. The van der Waals surface area contributed by atoms with Gasteiger partial charge >= 0.3 is 6.03 Å². The molecule has 0 aliphatic carbocycles. The van der Waals surface area contributed by atoms with Crippen LogP contribution in [0.5, 0.6) is 5.75 Å². The fourth-order valence-corrected chi connectivity index (χ4v) is 6.05. The Hall–Kier alpha value is -4.32. The zero-order chi connectivity index (χ0) is 32.4. The molecule has 0 bridgehead atoms. The molecule has 45 heavy (non-hydrogen) atoms. The Morgan fingerprint density at radius 1 is 1.07 bits per heavy atom. The van der Waals surface area contributed by atoms with Crippen molar-refractivity contribution >= 4 is 23.5 Å². The molecule has 2 aliphatic heterocycles. The predicted octanol–water partition coefficient (Wildman–Crippen LogP) is 4.10. The van der Waals surface area contributed by atoms with Crippen LogP contribution in [0.2, 0.25) is 0 Å². The summed E-state index contributed by atoms with van der Waals surface area (Å²) in [6.07, 6.45) is -0.0231. The highest BCUT2D eigenvalue weighted by molar-refractivity contribution is 6.12. The molecule has 238 valence electrons. The topological polar surface area (TPSA) is 120 Å². The minimum Gasteiger partial charge on any atom is -0.496 e. The second-order valence-corrected chi connectivity index (χ2v) is 11.6. The predicted molar refractivity (Wildman–Crippen MR) is 168 cm³/mol. The second-order valence-electron chi connectivity index (χ2n) is 11.6. The summed E-state index contributed by atoms with van der Waals surface area (Å²) in [6, 6.07) is 14.0. The summed E-state index contributed by atoms with van der Waals surface area (Å²) in [5.41, 5.74) is 5.88. The molecule has 0 radical (unpaired) electrons. The molecule has 3 atom stereocenters. The van der Waals surface area contributed by atoms with Crippen molar-refractivity contribution in [3.63, 3.8) is 0 Å². The van der Waals surface area contributed by atoms with Crippen LogP contribution >= 0.6 is 0 Å². The Bertz CT molecular complexity index is 1630. The van der Waals surface area contributed by atoms with Gasteiger partial charge in [-0.05, 0) is 71.8 Å². The lowest BCUT2D eigenvalue weighted by molar-refractivity contribution is -0.140. The van der Waals surface area contributed by atoms with Crippen LogP contribution in [-0.4, -0.2) is 85.9 Å². The van der Waals surface area contributed by atoms with Gasteiger partial charge in [-0.3, -0.25) is 14.5 Å². The molecule has 10 nitrogen and oxygen atoms in total. The van der Waals surface area contributed by atoms with Crippen molar-refractivity contribution in [2.45, 2.75) is 39.0 Å². The van der Waals surface area contributed by atoms with Crippen LogP contribution in [0.3, 0.4) is 0 Å². The smallest absolute Gasteiger partial charge is 0.326 e. The van der Waals surface area contributed by atoms with Gasteiger partial charge in [-0.15, -0.1) is 0 Å². The zero-order valence-corrected chi connectivity index (χ0v) is 26.1. The van der Waals surface area contributed by atoms with Crippen LogP contribution in [-0.2, 0) is 20.9 Å². The van der Waals surface area contributed by atoms with E-state index in [1.165, 1.54) is 25.1 Å².